The normalized spacial score (nSPS) is 21.5. The Morgan fingerprint density at radius 3 is 2.75 bits per heavy atom. The number of ether oxygens (including phenoxy) is 1. The van der Waals surface area contributed by atoms with E-state index in [9.17, 15) is 8.42 Å². The van der Waals surface area contributed by atoms with Crippen molar-refractivity contribution >= 4 is 10.2 Å². The largest absolute Gasteiger partial charge is 0.368 e. The summed E-state index contributed by atoms with van der Waals surface area (Å²) in [6, 6.07) is 0. The van der Waals surface area contributed by atoms with Crippen LogP contribution in [0, 0.1) is 6.92 Å². The Morgan fingerprint density at radius 2 is 2.20 bits per heavy atom. The summed E-state index contributed by atoms with van der Waals surface area (Å²) in [6.45, 7) is 7.60. The number of morpholine rings is 1. The minimum absolute atomic E-state index is 0.297. The molecule has 2 heterocycles. The Hall–Kier alpha value is -0.960. The summed E-state index contributed by atoms with van der Waals surface area (Å²) in [5.41, 5.74) is 0.937. The van der Waals surface area contributed by atoms with Crippen molar-refractivity contribution in [1.29, 1.82) is 0 Å². The quantitative estimate of drug-likeness (QED) is 0.867. The van der Waals surface area contributed by atoms with Gasteiger partial charge in [-0.05, 0) is 6.92 Å². The van der Waals surface area contributed by atoms with Crippen LogP contribution < -0.4 is 0 Å². The van der Waals surface area contributed by atoms with Gasteiger partial charge >= 0.3 is 0 Å². The Balaban J connectivity index is 2.14. The fourth-order valence-electron chi connectivity index (χ4n) is 2.31. The van der Waals surface area contributed by atoms with Gasteiger partial charge in [0.2, 0.25) is 0 Å². The number of imidazole rings is 1. The third-order valence-electron chi connectivity index (χ3n) is 3.41. The number of hydrogen-bond donors (Lipinski definition) is 1. The predicted octanol–water partition coefficient (Wildman–Crippen LogP) is 0.678. The second-order valence-corrected chi connectivity index (χ2v) is 6.69. The van der Waals surface area contributed by atoms with Gasteiger partial charge in [0, 0.05) is 38.1 Å². The zero-order valence-corrected chi connectivity index (χ0v) is 13.0. The molecule has 1 aromatic heterocycles. The monoisotopic (exact) mass is 302 g/mol. The minimum Gasteiger partial charge on any atom is -0.368 e. The van der Waals surface area contributed by atoms with Gasteiger partial charge in [-0.15, -0.1) is 0 Å². The van der Waals surface area contributed by atoms with Crippen LogP contribution in [0.1, 0.15) is 31.5 Å². The van der Waals surface area contributed by atoms with Crippen molar-refractivity contribution in [3.8, 4) is 0 Å². The van der Waals surface area contributed by atoms with Crippen LogP contribution in [0.4, 0.5) is 0 Å². The van der Waals surface area contributed by atoms with Gasteiger partial charge in [-0.2, -0.15) is 17.0 Å². The highest BCUT2D eigenvalue weighted by atomic mass is 32.2. The number of H-pyrrole nitrogens is 1. The molecule has 1 aromatic rings. The molecule has 8 heteroatoms. The first-order valence-corrected chi connectivity index (χ1v) is 8.27. The molecule has 1 atom stereocenters. The number of aromatic nitrogens is 2. The van der Waals surface area contributed by atoms with Crippen molar-refractivity contribution in [2.75, 3.05) is 32.8 Å². The number of aromatic amines is 1. The molecule has 0 amide bonds. The van der Waals surface area contributed by atoms with E-state index in [1.165, 1.54) is 8.61 Å². The van der Waals surface area contributed by atoms with E-state index in [0.29, 0.717) is 38.6 Å². The zero-order valence-electron chi connectivity index (χ0n) is 12.2. The minimum atomic E-state index is -3.41. The van der Waals surface area contributed by atoms with Crippen molar-refractivity contribution < 1.29 is 13.2 Å². The van der Waals surface area contributed by atoms with E-state index in [-0.39, 0.29) is 6.10 Å². The highest BCUT2D eigenvalue weighted by molar-refractivity contribution is 7.86. The highest BCUT2D eigenvalue weighted by Crippen LogP contribution is 2.22. The molecular weight excluding hydrogens is 280 g/mol. The first-order valence-electron chi connectivity index (χ1n) is 6.87. The third kappa shape index (κ3) is 3.03. The van der Waals surface area contributed by atoms with Crippen molar-refractivity contribution in [2.24, 2.45) is 0 Å². The van der Waals surface area contributed by atoms with Crippen molar-refractivity contribution in [3.63, 3.8) is 0 Å². The Bertz CT molecular complexity index is 539. The lowest BCUT2D eigenvalue weighted by molar-refractivity contribution is -0.00872. The van der Waals surface area contributed by atoms with E-state index < -0.39 is 10.2 Å². The first-order chi connectivity index (χ1) is 9.48. The smallest absolute Gasteiger partial charge is 0.282 e. The molecule has 0 aromatic carbocycles. The molecule has 1 fully saturated rings. The molecular formula is C12H22N4O3S. The number of nitrogens with zero attached hydrogens (tertiary/aromatic N) is 3. The maximum Gasteiger partial charge on any atom is 0.282 e. The van der Waals surface area contributed by atoms with Crippen molar-refractivity contribution in [1.82, 2.24) is 18.6 Å². The molecule has 20 heavy (non-hydrogen) atoms. The molecule has 0 bridgehead atoms. The number of rotatable bonds is 5. The molecule has 1 aliphatic heterocycles. The van der Waals surface area contributed by atoms with Crippen LogP contribution in [0.2, 0.25) is 0 Å². The second-order valence-electron chi connectivity index (χ2n) is 4.76. The average molecular weight is 302 g/mol. The summed E-state index contributed by atoms with van der Waals surface area (Å²) in [4.78, 5) is 7.33. The summed E-state index contributed by atoms with van der Waals surface area (Å²) >= 11 is 0. The van der Waals surface area contributed by atoms with Gasteiger partial charge in [-0.25, -0.2) is 4.98 Å². The Labute approximate surface area is 120 Å². The summed E-state index contributed by atoms with van der Waals surface area (Å²) in [7, 11) is -3.41. The van der Waals surface area contributed by atoms with Crippen molar-refractivity contribution in [2.45, 2.75) is 26.9 Å². The molecule has 0 spiro atoms. The highest BCUT2D eigenvalue weighted by Gasteiger charge is 2.34. The second kappa shape index (κ2) is 6.21. The molecule has 1 N–H and O–H groups in total. The Kier molecular flexibility index (Phi) is 4.79. The summed E-state index contributed by atoms with van der Waals surface area (Å²) in [6.07, 6.45) is 1.39. The summed E-state index contributed by atoms with van der Waals surface area (Å²) in [5, 5.41) is 0. The lowest BCUT2D eigenvalue weighted by atomic mass is 10.3. The molecule has 0 unspecified atom stereocenters. The fourth-order valence-corrected chi connectivity index (χ4v) is 3.92. The molecule has 0 saturated carbocycles. The van der Waals surface area contributed by atoms with Gasteiger partial charge in [-0.3, -0.25) is 0 Å². The summed E-state index contributed by atoms with van der Waals surface area (Å²) < 4.78 is 33.6. The van der Waals surface area contributed by atoms with Crippen LogP contribution in [0.3, 0.4) is 0 Å². The predicted molar refractivity (Wildman–Crippen MR) is 75.4 cm³/mol. The van der Waals surface area contributed by atoms with Crippen LogP contribution in [0.5, 0.6) is 0 Å². The molecule has 114 valence electrons. The standard InChI is InChI=1S/C12H22N4O3S/c1-4-15(5-2)20(17,18)16-6-7-19-11(9-16)12-13-8-10(3)14-12/h8,11H,4-7,9H2,1-3H3,(H,13,14)/t11-/m1/s1. The maximum atomic E-state index is 12.5. The van der Waals surface area contributed by atoms with Crippen LogP contribution >= 0.6 is 0 Å². The SMILES string of the molecule is CCN(CC)S(=O)(=O)N1CCO[C@@H](c2ncc(C)[nH]2)C1. The first kappa shape index (κ1) is 15.4. The number of hydrogen-bond acceptors (Lipinski definition) is 4. The third-order valence-corrected chi connectivity index (χ3v) is 5.57. The van der Waals surface area contributed by atoms with Gasteiger partial charge in [0.25, 0.3) is 10.2 Å². The van der Waals surface area contributed by atoms with E-state index in [1.807, 2.05) is 20.8 Å². The van der Waals surface area contributed by atoms with Gasteiger partial charge in [-0.1, -0.05) is 13.8 Å². The van der Waals surface area contributed by atoms with Crippen LogP contribution in [-0.2, 0) is 14.9 Å². The molecule has 0 aliphatic carbocycles. The van der Waals surface area contributed by atoms with Gasteiger partial charge in [0.15, 0.2) is 0 Å². The van der Waals surface area contributed by atoms with E-state index in [1.54, 1.807) is 6.20 Å². The lowest BCUT2D eigenvalue weighted by Crippen LogP contribution is -2.49. The number of nitrogens with one attached hydrogen (secondary N) is 1. The molecule has 7 nitrogen and oxygen atoms in total. The van der Waals surface area contributed by atoms with E-state index in [4.69, 9.17) is 4.74 Å². The van der Waals surface area contributed by atoms with Crippen LogP contribution in [0.25, 0.3) is 0 Å². The number of aryl methyl sites for hydroxylation is 1. The molecule has 1 aliphatic rings. The molecule has 2 rings (SSSR count). The summed E-state index contributed by atoms with van der Waals surface area (Å²) in [5.74, 6) is 0.682. The average Bonchev–Trinajstić information content (AvgIpc) is 2.87. The van der Waals surface area contributed by atoms with Gasteiger partial charge in [0.05, 0.1) is 6.61 Å². The van der Waals surface area contributed by atoms with E-state index >= 15 is 0 Å². The fraction of sp³-hybridized carbons (Fsp3) is 0.750. The lowest BCUT2D eigenvalue weighted by Gasteiger charge is -2.34. The molecule has 1 saturated heterocycles. The topological polar surface area (TPSA) is 78.5 Å². The van der Waals surface area contributed by atoms with Gasteiger partial charge in [0.1, 0.15) is 11.9 Å². The van der Waals surface area contributed by atoms with E-state index in [0.717, 1.165) is 5.69 Å². The van der Waals surface area contributed by atoms with Crippen LogP contribution in [0.15, 0.2) is 6.20 Å². The zero-order chi connectivity index (χ0) is 14.8. The van der Waals surface area contributed by atoms with Crippen LogP contribution in [-0.4, -0.2) is 59.8 Å². The van der Waals surface area contributed by atoms with E-state index in [2.05, 4.69) is 9.97 Å². The Morgan fingerprint density at radius 1 is 1.50 bits per heavy atom. The molecule has 0 radical (unpaired) electrons. The van der Waals surface area contributed by atoms with Gasteiger partial charge < -0.3 is 9.72 Å². The maximum absolute atomic E-state index is 12.5. The van der Waals surface area contributed by atoms with Crippen molar-refractivity contribution in [3.05, 3.63) is 17.7 Å².